The minimum atomic E-state index is -2.53. The molecule has 0 saturated heterocycles. The summed E-state index contributed by atoms with van der Waals surface area (Å²) >= 11 is 6.18. The van der Waals surface area contributed by atoms with Crippen LogP contribution in [0.2, 0.25) is 5.02 Å². The molecular weight excluding hydrogens is 570 g/mol. The van der Waals surface area contributed by atoms with E-state index in [2.05, 4.69) is 29.4 Å². The Bertz CT molecular complexity index is 1470. The van der Waals surface area contributed by atoms with Crippen LogP contribution >= 0.6 is 11.6 Å². The van der Waals surface area contributed by atoms with Gasteiger partial charge in [-0.1, -0.05) is 48.9 Å². The number of aryl methyl sites for hydroxylation is 1. The van der Waals surface area contributed by atoms with Crippen molar-refractivity contribution < 1.29 is 23.4 Å². The summed E-state index contributed by atoms with van der Waals surface area (Å²) in [6.07, 6.45) is 5.20. The molecule has 3 aromatic rings. The topological polar surface area (TPSA) is 71.5 Å². The molecule has 1 aromatic heterocycles. The fraction of sp³-hybridized carbons (Fsp3) is 0.486. The number of rotatable bonds is 9. The van der Waals surface area contributed by atoms with Gasteiger partial charge in [-0.25, -0.2) is 13.6 Å². The number of hydrogen-bond acceptors (Lipinski definition) is 4. The van der Waals surface area contributed by atoms with Crippen molar-refractivity contribution in [1.82, 2.24) is 4.98 Å². The third kappa shape index (κ3) is 5.73. The molecule has 0 amide bonds. The molecule has 6 rings (SSSR count). The van der Waals surface area contributed by atoms with E-state index in [1.54, 1.807) is 24.4 Å². The number of aliphatic carboxylic acids is 1. The maximum atomic E-state index is 14.7. The van der Waals surface area contributed by atoms with Crippen LogP contribution in [-0.4, -0.2) is 34.6 Å². The molecule has 3 atom stereocenters. The van der Waals surface area contributed by atoms with E-state index in [1.165, 1.54) is 11.1 Å². The van der Waals surface area contributed by atoms with Gasteiger partial charge in [0, 0.05) is 28.2 Å². The zero-order valence-electron chi connectivity index (χ0n) is 24.5. The molecule has 1 fully saturated rings. The monoisotopic (exact) mass is 608 g/mol. The number of hydrogen-bond donors (Lipinski definition) is 2. The number of anilines is 1. The maximum absolute atomic E-state index is 14.7. The van der Waals surface area contributed by atoms with Crippen molar-refractivity contribution in [3.05, 3.63) is 88.2 Å². The van der Waals surface area contributed by atoms with Crippen molar-refractivity contribution in [1.29, 1.82) is 0 Å². The van der Waals surface area contributed by atoms with Crippen LogP contribution in [0.4, 0.5) is 14.5 Å². The van der Waals surface area contributed by atoms with Gasteiger partial charge in [0.25, 0.3) is 0 Å². The van der Waals surface area contributed by atoms with Crippen molar-refractivity contribution in [2.24, 2.45) is 11.8 Å². The van der Waals surface area contributed by atoms with Crippen LogP contribution in [0.5, 0.6) is 5.75 Å². The lowest BCUT2D eigenvalue weighted by atomic mass is 9.59. The fourth-order valence-electron chi connectivity index (χ4n) is 8.08. The SMILES string of the molecule is C[C@@H]1CCCc2nccc(OC[C@@H](C[C@H]3Cc4ccccc4C34CCC(Nc3cccc(Cl)c3)(C(=O)O)CC4)C(F)F)c21. The van der Waals surface area contributed by atoms with Crippen molar-refractivity contribution in [3.8, 4) is 5.75 Å². The molecule has 0 radical (unpaired) electrons. The lowest BCUT2D eigenvalue weighted by molar-refractivity contribution is -0.144. The lowest BCUT2D eigenvalue weighted by Gasteiger charge is -2.47. The average Bonchev–Trinajstić information content (AvgIpc) is 3.28. The van der Waals surface area contributed by atoms with Gasteiger partial charge in [0.15, 0.2) is 0 Å². The molecule has 2 N–H and O–H groups in total. The largest absolute Gasteiger partial charge is 0.493 e. The van der Waals surface area contributed by atoms with E-state index in [9.17, 15) is 18.7 Å². The number of carboxylic acid groups (broad SMARTS) is 1. The predicted molar refractivity (Wildman–Crippen MR) is 164 cm³/mol. The molecule has 1 heterocycles. The number of ether oxygens (including phenoxy) is 1. The van der Waals surface area contributed by atoms with Gasteiger partial charge in [0.05, 0.1) is 12.5 Å². The first kappa shape index (κ1) is 29.9. The highest BCUT2D eigenvalue weighted by molar-refractivity contribution is 6.30. The highest BCUT2D eigenvalue weighted by Gasteiger charge is 2.54. The molecule has 2 aromatic carbocycles. The van der Waals surface area contributed by atoms with E-state index in [1.807, 2.05) is 24.3 Å². The molecule has 0 aliphatic heterocycles. The van der Waals surface area contributed by atoms with Gasteiger partial charge in [-0.15, -0.1) is 0 Å². The normalized spacial score (nSPS) is 27.0. The summed E-state index contributed by atoms with van der Waals surface area (Å²) in [6, 6.07) is 17.1. The Labute approximate surface area is 257 Å². The zero-order valence-corrected chi connectivity index (χ0v) is 25.3. The van der Waals surface area contributed by atoms with Crippen LogP contribution in [0.25, 0.3) is 0 Å². The van der Waals surface area contributed by atoms with Gasteiger partial charge in [0.1, 0.15) is 11.3 Å². The third-order valence-corrected chi connectivity index (χ3v) is 10.6. The van der Waals surface area contributed by atoms with Crippen LogP contribution in [0.1, 0.15) is 80.2 Å². The quantitative estimate of drug-likeness (QED) is 0.255. The summed E-state index contributed by atoms with van der Waals surface area (Å²) in [6.45, 7) is 2.09. The summed E-state index contributed by atoms with van der Waals surface area (Å²) in [7, 11) is 0. The summed E-state index contributed by atoms with van der Waals surface area (Å²) < 4.78 is 35.5. The van der Waals surface area contributed by atoms with Crippen LogP contribution in [0.15, 0.2) is 60.8 Å². The number of benzene rings is 2. The van der Waals surface area contributed by atoms with Gasteiger partial charge in [-0.3, -0.25) is 4.98 Å². The van der Waals surface area contributed by atoms with Gasteiger partial charge in [-0.05, 0) is 110 Å². The number of halogens is 3. The van der Waals surface area contributed by atoms with Crippen molar-refractivity contribution in [2.45, 2.75) is 88.0 Å². The summed E-state index contributed by atoms with van der Waals surface area (Å²) in [5, 5.41) is 14.2. The number of aromatic nitrogens is 1. The third-order valence-electron chi connectivity index (χ3n) is 10.4. The molecule has 228 valence electrons. The van der Waals surface area contributed by atoms with Gasteiger partial charge in [-0.2, -0.15) is 0 Å². The van der Waals surface area contributed by atoms with E-state index >= 15 is 0 Å². The number of carbonyl (C=O) groups is 1. The van der Waals surface area contributed by atoms with Crippen molar-refractivity contribution in [2.75, 3.05) is 11.9 Å². The van der Waals surface area contributed by atoms with Crippen LogP contribution in [0, 0.1) is 11.8 Å². The van der Waals surface area contributed by atoms with E-state index in [-0.39, 0.29) is 17.9 Å². The molecule has 1 spiro atoms. The Morgan fingerprint density at radius 2 is 1.93 bits per heavy atom. The molecule has 0 bridgehead atoms. The molecule has 3 aliphatic carbocycles. The number of alkyl halides is 2. The minimum Gasteiger partial charge on any atom is -0.493 e. The summed E-state index contributed by atoms with van der Waals surface area (Å²) in [4.78, 5) is 17.2. The number of fused-ring (bicyclic) bond motifs is 3. The Balaban J connectivity index is 1.23. The summed E-state index contributed by atoms with van der Waals surface area (Å²) in [5.41, 5.74) is 3.61. The first-order valence-electron chi connectivity index (χ1n) is 15.4. The van der Waals surface area contributed by atoms with Gasteiger partial charge < -0.3 is 15.2 Å². The van der Waals surface area contributed by atoms with Crippen LogP contribution in [0.3, 0.4) is 0 Å². The van der Waals surface area contributed by atoms with Gasteiger partial charge >= 0.3 is 5.97 Å². The van der Waals surface area contributed by atoms with E-state index < -0.39 is 23.9 Å². The number of carboxylic acids is 1. The van der Waals surface area contributed by atoms with Crippen LogP contribution < -0.4 is 10.1 Å². The zero-order chi connectivity index (χ0) is 30.2. The van der Waals surface area contributed by atoms with Crippen LogP contribution in [-0.2, 0) is 23.1 Å². The molecule has 5 nitrogen and oxygen atoms in total. The molecular formula is C35H39ClF2N2O3. The fourth-order valence-corrected chi connectivity index (χ4v) is 8.27. The first-order valence-corrected chi connectivity index (χ1v) is 15.8. The molecule has 1 saturated carbocycles. The Hall–Kier alpha value is -3.19. The molecule has 43 heavy (non-hydrogen) atoms. The maximum Gasteiger partial charge on any atom is 0.329 e. The van der Waals surface area contributed by atoms with Crippen molar-refractivity contribution in [3.63, 3.8) is 0 Å². The Morgan fingerprint density at radius 1 is 1.14 bits per heavy atom. The number of nitrogens with zero attached hydrogens (tertiary/aromatic N) is 1. The smallest absolute Gasteiger partial charge is 0.329 e. The molecule has 0 unspecified atom stereocenters. The number of nitrogens with one attached hydrogen (secondary N) is 1. The highest BCUT2D eigenvalue weighted by Crippen LogP contribution is 2.56. The standard InChI is InChI=1S/C35H39ClF2N2O3/c1-22-6-4-11-29-31(22)30(12-17-39-29)43-21-24(32(37)38)19-25-18-23-7-2-3-10-28(23)34(25)13-15-35(16-14-34,33(41)42)40-27-9-5-8-26(36)20-27/h2-3,5,7-10,12,17,20,22,24-25,32,40H,4,6,11,13-16,18-19,21H2,1H3,(H,41,42)/t22-,24-,25-,34?,35?/m1/s1. The molecule has 3 aliphatic rings. The average molecular weight is 609 g/mol. The predicted octanol–water partition coefficient (Wildman–Crippen LogP) is 8.44. The lowest BCUT2D eigenvalue weighted by Crippen LogP contribution is -2.53. The molecule has 8 heteroatoms. The Kier molecular flexibility index (Phi) is 8.38. The Morgan fingerprint density at radius 3 is 2.67 bits per heavy atom. The van der Waals surface area contributed by atoms with Crippen molar-refractivity contribution >= 4 is 23.3 Å². The summed E-state index contributed by atoms with van der Waals surface area (Å²) in [5.74, 6) is -0.894. The van der Waals surface area contributed by atoms with E-state index in [0.717, 1.165) is 30.5 Å². The second-order valence-electron chi connectivity index (χ2n) is 12.8. The van der Waals surface area contributed by atoms with E-state index in [4.69, 9.17) is 16.3 Å². The van der Waals surface area contributed by atoms with E-state index in [0.29, 0.717) is 60.9 Å². The highest BCUT2D eigenvalue weighted by atomic mass is 35.5. The van der Waals surface area contributed by atoms with Gasteiger partial charge in [0.2, 0.25) is 6.43 Å². The second kappa shape index (κ2) is 12.1. The first-order chi connectivity index (χ1) is 20.7. The second-order valence-corrected chi connectivity index (χ2v) is 13.3. The number of pyridine rings is 1. The minimum absolute atomic E-state index is 0.0317.